The van der Waals surface area contributed by atoms with Gasteiger partial charge < -0.3 is 20.1 Å². The number of halogens is 1. The van der Waals surface area contributed by atoms with E-state index in [0.717, 1.165) is 35.1 Å². The van der Waals surface area contributed by atoms with Crippen molar-refractivity contribution in [3.8, 4) is 11.5 Å². The van der Waals surface area contributed by atoms with Crippen LogP contribution in [0.15, 0.2) is 41.5 Å². The molecule has 2 N–H and O–H groups in total. The Labute approximate surface area is 153 Å². The zero-order valence-electron chi connectivity index (χ0n) is 14.7. The number of hydrogen-bond donors (Lipinski definition) is 2. The van der Waals surface area contributed by atoms with Gasteiger partial charge in [0.15, 0.2) is 5.96 Å². The smallest absolute Gasteiger partial charge is 0.191 e. The fraction of sp³-hybridized carbons (Fsp3) is 0.333. The zero-order valence-corrected chi connectivity index (χ0v) is 15.4. The summed E-state index contributed by atoms with van der Waals surface area (Å²) in [6, 6.07) is 9.41. The fourth-order valence-corrected chi connectivity index (χ4v) is 2.30. The summed E-state index contributed by atoms with van der Waals surface area (Å²) in [6.45, 7) is 3.89. The lowest BCUT2D eigenvalue weighted by Gasteiger charge is -2.14. The van der Waals surface area contributed by atoms with Crippen LogP contribution in [0.2, 0.25) is 5.15 Å². The van der Waals surface area contributed by atoms with Gasteiger partial charge in [-0.25, -0.2) is 9.98 Å². The molecule has 6 nitrogen and oxygen atoms in total. The second-order valence-electron chi connectivity index (χ2n) is 5.22. The number of pyridine rings is 1. The third-order valence-electron chi connectivity index (χ3n) is 3.49. The Kier molecular flexibility index (Phi) is 7.35. The second kappa shape index (κ2) is 9.74. The van der Waals surface area contributed by atoms with Crippen LogP contribution < -0.4 is 20.1 Å². The summed E-state index contributed by atoms with van der Waals surface area (Å²) in [6.07, 6.45) is 1.72. The number of rotatable bonds is 7. The predicted molar refractivity (Wildman–Crippen MR) is 100 cm³/mol. The number of ether oxygens (including phenoxy) is 2. The van der Waals surface area contributed by atoms with E-state index in [1.54, 1.807) is 26.5 Å². The van der Waals surface area contributed by atoms with Gasteiger partial charge in [-0.1, -0.05) is 17.7 Å². The molecule has 1 aromatic carbocycles. The monoisotopic (exact) mass is 362 g/mol. The molecule has 0 amide bonds. The van der Waals surface area contributed by atoms with Gasteiger partial charge in [-0.3, -0.25) is 0 Å². The van der Waals surface area contributed by atoms with Crippen LogP contribution >= 0.6 is 11.6 Å². The molecular formula is C18H23ClN4O2. The third kappa shape index (κ3) is 5.83. The molecule has 134 valence electrons. The minimum atomic E-state index is 0.476. The van der Waals surface area contributed by atoms with E-state index in [9.17, 15) is 0 Å². The van der Waals surface area contributed by atoms with Gasteiger partial charge in [0.25, 0.3) is 0 Å². The Balaban J connectivity index is 2.03. The van der Waals surface area contributed by atoms with Gasteiger partial charge >= 0.3 is 0 Å². The van der Waals surface area contributed by atoms with Crippen LogP contribution in [0.5, 0.6) is 11.5 Å². The number of benzene rings is 1. The number of aromatic nitrogens is 1. The second-order valence-corrected chi connectivity index (χ2v) is 5.60. The zero-order chi connectivity index (χ0) is 18.1. The van der Waals surface area contributed by atoms with E-state index in [1.807, 2.05) is 31.2 Å². The summed E-state index contributed by atoms with van der Waals surface area (Å²) in [5, 5.41) is 7.00. The van der Waals surface area contributed by atoms with Crippen LogP contribution in [-0.4, -0.2) is 31.7 Å². The highest BCUT2D eigenvalue weighted by Gasteiger charge is 2.06. The normalized spacial score (nSPS) is 11.1. The molecule has 2 rings (SSSR count). The predicted octanol–water partition coefficient (Wildman–Crippen LogP) is 3.01. The molecule has 0 unspecified atom stereocenters. The molecule has 0 fully saturated rings. The Morgan fingerprint density at radius 2 is 2.00 bits per heavy atom. The first-order valence-corrected chi connectivity index (χ1v) is 8.37. The van der Waals surface area contributed by atoms with E-state index in [2.05, 4.69) is 20.6 Å². The highest BCUT2D eigenvalue weighted by Crippen LogP contribution is 2.24. The lowest BCUT2D eigenvalue weighted by molar-refractivity contribution is 0.390. The molecule has 0 saturated heterocycles. The van der Waals surface area contributed by atoms with Gasteiger partial charge in [0, 0.05) is 30.9 Å². The molecule has 25 heavy (non-hydrogen) atoms. The molecule has 0 aliphatic carbocycles. The molecule has 0 spiro atoms. The van der Waals surface area contributed by atoms with Gasteiger partial charge in [-0.05, 0) is 30.7 Å². The van der Waals surface area contributed by atoms with Crippen molar-refractivity contribution in [2.24, 2.45) is 4.99 Å². The van der Waals surface area contributed by atoms with Crippen LogP contribution in [0.1, 0.15) is 18.1 Å². The fourth-order valence-electron chi connectivity index (χ4n) is 2.19. The summed E-state index contributed by atoms with van der Waals surface area (Å²) >= 11 is 5.80. The van der Waals surface area contributed by atoms with Gasteiger partial charge in [0.1, 0.15) is 16.7 Å². The Morgan fingerprint density at radius 1 is 1.16 bits per heavy atom. The molecule has 1 aromatic heterocycles. The quantitative estimate of drug-likeness (QED) is 0.450. The SMILES string of the molecule is CCNC(=NCc1ccc(Cl)nc1)NCc1ccc(OC)cc1OC. The van der Waals surface area contributed by atoms with Crippen molar-refractivity contribution in [3.05, 3.63) is 52.8 Å². The standard InChI is InChI=1S/C18H23ClN4O2/c1-4-20-18(22-11-13-5-8-17(19)21-10-13)23-12-14-6-7-15(24-2)9-16(14)25-3/h5-10H,4,11-12H2,1-3H3,(H2,20,22,23). The van der Waals surface area contributed by atoms with Crippen molar-refractivity contribution in [1.82, 2.24) is 15.6 Å². The molecule has 0 atom stereocenters. The van der Waals surface area contributed by atoms with Crippen molar-refractivity contribution in [2.45, 2.75) is 20.0 Å². The van der Waals surface area contributed by atoms with Gasteiger partial charge in [0.05, 0.1) is 20.8 Å². The van der Waals surface area contributed by atoms with E-state index < -0.39 is 0 Å². The molecular weight excluding hydrogens is 340 g/mol. The van der Waals surface area contributed by atoms with Crippen LogP contribution in [-0.2, 0) is 13.1 Å². The third-order valence-corrected chi connectivity index (χ3v) is 3.72. The number of aliphatic imine (C=N–C) groups is 1. The van der Waals surface area contributed by atoms with Gasteiger partial charge in [0.2, 0.25) is 0 Å². The Bertz CT molecular complexity index is 705. The Hall–Kier alpha value is -2.47. The number of nitrogens with one attached hydrogen (secondary N) is 2. The van der Waals surface area contributed by atoms with E-state index in [0.29, 0.717) is 18.2 Å². The summed E-state index contributed by atoms with van der Waals surface area (Å²) < 4.78 is 10.6. The van der Waals surface area contributed by atoms with Gasteiger partial charge in [-0.2, -0.15) is 0 Å². The largest absolute Gasteiger partial charge is 0.497 e. The molecule has 1 heterocycles. The molecule has 0 aliphatic heterocycles. The maximum absolute atomic E-state index is 5.80. The van der Waals surface area contributed by atoms with Crippen molar-refractivity contribution in [2.75, 3.05) is 20.8 Å². The van der Waals surface area contributed by atoms with Crippen LogP contribution in [0.4, 0.5) is 0 Å². The van der Waals surface area contributed by atoms with Gasteiger partial charge in [-0.15, -0.1) is 0 Å². The van der Waals surface area contributed by atoms with Crippen molar-refractivity contribution >= 4 is 17.6 Å². The van der Waals surface area contributed by atoms with E-state index in [-0.39, 0.29) is 0 Å². The molecule has 0 saturated carbocycles. The van der Waals surface area contributed by atoms with E-state index in [4.69, 9.17) is 21.1 Å². The molecule has 0 bridgehead atoms. The summed E-state index contributed by atoms with van der Waals surface area (Å²) in [5.41, 5.74) is 2.01. The molecule has 2 aromatic rings. The number of guanidine groups is 1. The topological polar surface area (TPSA) is 67.8 Å². The highest BCUT2D eigenvalue weighted by atomic mass is 35.5. The maximum Gasteiger partial charge on any atom is 0.191 e. The van der Waals surface area contributed by atoms with Crippen molar-refractivity contribution in [3.63, 3.8) is 0 Å². The maximum atomic E-state index is 5.80. The number of hydrogen-bond acceptors (Lipinski definition) is 4. The average molecular weight is 363 g/mol. The number of methoxy groups -OCH3 is 2. The molecule has 0 radical (unpaired) electrons. The summed E-state index contributed by atoms with van der Waals surface area (Å²) in [5.74, 6) is 2.25. The summed E-state index contributed by atoms with van der Waals surface area (Å²) in [4.78, 5) is 8.63. The first-order valence-electron chi connectivity index (χ1n) is 7.99. The van der Waals surface area contributed by atoms with Crippen molar-refractivity contribution < 1.29 is 9.47 Å². The summed E-state index contributed by atoms with van der Waals surface area (Å²) in [7, 11) is 3.28. The van der Waals surface area contributed by atoms with Crippen LogP contribution in [0.3, 0.4) is 0 Å². The lowest BCUT2D eigenvalue weighted by Crippen LogP contribution is -2.36. The van der Waals surface area contributed by atoms with E-state index in [1.165, 1.54) is 0 Å². The lowest BCUT2D eigenvalue weighted by atomic mass is 10.2. The Morgan fingerprint density at radius 3 is 2.64 bits per heavy atom. The minimum Gasteiger partial charge on any atom is -0.497 e. The minimum absolute atomic E-state index is 0.476. The average Bonchev–Trinajstić information content (AvgIpc) is 2.65. The van der Waals surface area contributed by atoms with Crippen LogP contribution in [0.25, 0.3) is 0 Å². The highest BCUT2D eigenvalue weighted by molar-refractivity contribution is 6.29. The number of nitrogens with zero attached hydrogens (tertiary/aromatic N) is 2. The van der Waals surface area contributed by atoms with E-state index >= 15 is 0 Å². The molecule has 0 aliphatic rings. The first-order chi connectivity index (χ1) is 12.2. The first kappa shape index (κ1) is 18.9. The van der Waals surface area contributed by atoms with Crippen molar-refractivity contribution in [1.29, 1.82) is 0 Å². The molecule has 7 heteroatoms. The van der Waals surface area contributed by atoms with Crippen LogP contribution in [0, 0.1) is 0 Å².